The zero-order valence-electron chi connectivity index (χ0n) is 17.1. The van der Waals surface area contributed by atoms with Crippen LogP contribution >= 0.6 is 0 Å². The normalized spacial score (nSPS) is 16.3. The fourth-order valence-electron chi connectivity index (χ4n) is 3.85. The number of hydrogen-bond acceptors (Lipinski definition) is 3. The Morgan fingerprint density at radius 2 is 1.93 bits per heavy atom. The number of amides is 2. The summed E-state index contributed by atoms with van der Waals surface area (Å²) in [5.74, 6) is 0.523. The van der Waals surface area contributed by atoms with E-state index in [9.17, 15) is 9.59 Å². The molecule has 30 heavy (non-hydrogen) atoms. The van der Waals surface area contributed by atoms with Crippen molar-refractivity contribution in [1.29, 1.82) is 0 Å². The van der Waals surface area contributed by atoms with Gasteiger partial charge in [-0.2, -0.15) is 0 Å². The molecule has 3 aromatic rings. The van der Waals surface area contributed by atoms with Gasteiger partial charge in [-0.25, -0.2) is 0 Å². The molecule has 1 unspecified atom stereocenters. The van der Waals surface area contributed by atoms with Gasteiger partial charge in [-0.1, -0.05) is 42.0 Å². The molecule has 1 aliphatic heterocycles. The molecule has 1 fully saturated rings. The third-order valence-corrected chi connectivity index (χ3v) is 5.58. The minimum atomic E-state index is -0.179. The van der Waals surface area contributed by atoms with E-state index in [2.05, 4.69) is 5.32 Å². The van der Waals surface area contributed by atoms with Gasteiger partial charge >= 0.3 is 0 Å². The Balaban J connectivity index is 1.38. The first kappa shape index (κ1) is 20.0. The van der Waals surface area contributed by atoms with Crippen molar-refractivity contribution in [1.82, 2.24) is 10.2 Å². The van der Waals surface area contributed by atoms with Crippen LogP contribution in [0.1, 0.15) is 34.3 Å². The molecule has 1 atom stereocenters. The lowest BCUT2D eigenvalue weighted by Crippen LogP contribution is -2.45. The van der Waals surface area contributed by atoms with Crippen LogP contribution in [-0.2, 0) is 11.3 Å². The summed E-state index contributed by atoms with van der Waals surface area (Å²) in [6, 6.07) is 19.3. The topological polar surface area (TPSA) is 62.6 Å². The molecular weight excluding hydrogens is 376 g/mol. The molecule has 5 nitrogen and oxygen atoms in total. The van der Waals surface area contributed by atoms with Crippen LogP contribution in [-0.4, -0.2) is 29.8 Å². The van der Waals surface area contributed by atoms with Gasteiger partial charge in [0, 0.05) is 30.8 Å². The van der Waals surface area contributed by atoms with Crippen LogP contribution < -0.4 is 5.32 Å². The summed E-state index contributed by atoms with van der Waals surface area (Å²) in [5.41, 5.74) is 3.76. The SMILES string of the molecule is Cc1ccc(CNC(=O)C2CCCN(C(=O)c3cccc(-c4ccco4)c3)C2)cc1. The maximum atomic E-state index is 13.1. The monoisotopic (exact) mass is 402 g/mol. The standard InChI is InChI=1S/C25H26N2O3/c1-18-9-11-19(12-10-18)16-26-24(28)22-7-3-13-27(17-22)25(29)21-6-2-5-20(15-21)23-8-4-14-30-23/h2,4-6,8-12,14-15,22H,3,7,13,16-17H2,1H3,(H,26,28). The molecule has 1 saturated heterocycles. The van der Waals surface area contributed by atoms with E-state index in [1.165, 1.54) is 5.56 Å². The van der Waals surface area contributed by atoms with E-state index in [4.69, 9.17) is 4.42 Å². The van der Waals surface area contributed by atoms with Gasteiger partial charge in [0.2, 0.25) is 5.91 Å². The number of aryl methyl sites for hydroxylation is 1. The van der Waals surface area contributed by atoms with E-state index in [1.54, 1.807) is 11.2 Å². The molecule has 1 aliphatic rings. The molecular formula is C25H26N2O3. The number of benzene rings is 2. The summed E-state index contributed by atoms with van der Waals surface area (Å²) in [4.78, 5) is 27.5. The maximum Gasteiger partial charge on any atom is 0.253 e. The predicted molar refractivity (Wildman–Crippen MR) is 116 cm³/mol. The quantitative estimate of drug-likeness (QED) is 0.687. The van der Waals surface area contributed by atoms with Crippen molar-refractivity contribution in [2.45, 2.75) is 26.3 Å². The molecule has 1 N–H and O–H groups in total. The van der Waals surface area contributed by atoms with Gasteiger partial charge in [0.15, 0.2) is 0 Å². The Hall–Kier alpha value is -3.34. The van der Waals surface area contributed by atoms with E-state index < -0.39 is 0 Å². The number of nitrogens with zero attached hydrogens (tertiary/aromatic N) is 1. The van der Waals surface area contributed by atoms with Gasteiger partial charge in [-0.3, -0.25) is 9.59 Å². The summed E-state index contributed by atoms with van der Waals surface area (Å²) in [6.45, 7) is 3.67. The number of carbonyl (C=O) groups excluding carboxylic acids is 2. The lowest BCUT2D eigenvalue weighted by molar-refractivity contribution is -0.126. The van der Waals surface area contributed by atoms with Crippen LogP contribution in [0.25, 0.3) is 11.3 Å². The van der Waals surface area contributed by atoms with Crippen LogP contribution in [0.5, 0.6) is 0 Å². The lowest BCUT2D eigenvalue weighted by atomic mass is 9.96. The van der Waals surface area contributed by atoms with E-state index in [0.29, 0.717) is 25.2 Å². The van der Waals surface area contributed by atoms with Gasteiger partial charge in [0.1, 0.15) is 5.76 Å². The van der Waals surface area contributed by atoms with Crippen molar-refractivity contribution >= 4 is 11.8 Å². The minimum Gasteiger partial charge on any atom is -0.464 e. The highest BCUT2D eigenvalue weighted by Crippen LogP contribution is 2.23. The number of nitrogens with one attached hydrogen (secondary N) is 1. The van der Waals surface area contributed by atoms with Crippen molar-refractivity contribution < 1.29 is 14.0 Å². The second kappa shape index (κ2) is 8.99. The first-order valence-electron chi connectivity index (χ1n) is 10.4. The Morgan fingerprint density at radius 1 is 1.10 bits per heavy atom. The molecule has 0 aliphatic carbocycles. The molecule has 154 valence electrons. The van der Waals surface area contributed by atoms with Crippen LogP contribution in [0.4, 0.5) is 0 Å². The van der Waals surface area contributed by atoms with Gasteiger partial charge in [0.25, 0.3) is 5.91 Å². The second-order valence-corrected chi connectivity index (χ2v) is 7.85. The number of furan rings is 1. The Bertz CT molecular complexity index is 1010. The number of carbonyl (C=O) groups is 2. The van der Waals surface area contributed by atoms with E-state index in [1.807, 2.05) is 67.6 Å². The third-order valence-electron chi connectivity index (χ3n) is 5.58. The molecule has 0 bridgehead atoms. The van der Waals surface area contributed by atoms with Gasteiger partial charge in [-0.05, 0) is 49.6 Å². The summed E-state index contributed by atoms with van der Waals surface area (Å²) in [5, 5.41) is 3.03. The van der Waals surface area contributed by atoms with Gasteiger partial charge < -0.3 is 14.6 Å². The highest BCUT2D eigenvalue weighted by atomic mass is 16.3. The molecule has 2 aromatic carbocycles. The highest BCUT2D eigenvalue weighted by Gasteiger charge is 2.29. The van der Waals surface area contributed by atoms with Crippen molar-refractivity contribution in [3.05, 3.63) is 83.6 Å². The number of piperidine rings is 1. The second-order valence-electron chi connectivity index (χ2n) is 7.85. The fraction of sp³-hybridized carbons (Fsp3) is 0.280. The molecule has 2 heterocycles. The molecule has 5 heteroatoms. The Morgan fingerprint density at radius 3 is 2.70 bits per heavy atom. The average molecular weight is 402 g/mol. The zero-order valence-corrected chi connectivity index (χ0v) is 17.1. The van der Waals surface area contributed by atoms with E-state index in [-0.39, 0.29) is 17.7 Å². The largest absolute Gasteiger partial charge is 0.464 e. The minimum absolute atomic E-state index is 0.0115. The third kappa shape index (κ3) is 4.62. The average Bonchev–Trinajstić information content (AvgIpc) is 3.33. The molecule has 2 amide bonds. The smallest absolute Gasteiger partial charge is 0.253 e. The van der Waals surface area contributed by atoms with Crippen LogP contribution in [0, 0.1) is 12.8 Å². The molecule has 0 saturated carbocycles. The Kier molecular flexibility index (Phi) is 5.98. The lowest BCUT2D eigenvalue weighted by Gasteiger charge is -2.32. The Labute approximate surface area is 176 Å². The van der Waals surface area contributed by atoms with Gasteiger partial charge in [0.05, 0.1) is 12.2 Å². The first-order chi connectivity index (χ1) is 14.6. The van der Waals surface area contributed by atoms with E-state index >= 15 is 0 Å². The van der Waals surface area contributed by atoms with Crippen molar-refractivity contribution in [3.8, 4) is 11.3 Å². The number of rotatable bonds is 5. The van der Waals surface area contributed by atoms with Crippen molar-refractivity contribution in [3.63, 3.8) is 0 Å². The molecule has 0 spiro atoms. The van der Waals surface area contributed by atoms with Crippen LogP contribution in [0.2, 0.25) is 0 Å². The molecule has 1 aromatic heterocycles. The van der Waals surface area contributed by atoms with Crippen LogP contribution in [0.3, 0.4) is 0 Å². The van der Waals surface area contributed by atoms with Crippen LogP contribution in [0.15, 0.2) is 71.3 Å². The fourth-order valence-corrected chi connectivity index (χ4v) is 3.85. The maximum absolute atomic E-state index is 13.1. The van der Waals surface area contributed by atoms with Crippen molar-refractivity contribution in [2.75, 3.05) is 13.1 Å². The first-order valence-corrected chi connectivity index (χ1v) is 10.4. The van der Waals surface area contributed by atoms with E-state index in [0.717, 1.165) is 29.7 Å². The molecule has 4 rings (SSSR count). The zero-order chi connectivity index (χ0) is 20.9. The predicted octanol–water partition coefficient (Wildman–Crippen LogP) is 4.42. The van der Waals surface area contributed by atoms with Crippen molar-refractivity contribution in [2.24, 2.45) is 5.92 Å². The number of hydrogen-bond donors (Lipinski definition) is 1. The highest BCUT2D eigenvalue weighted by molar-refractivity contribution is 5.95. The molecule has 0 radical (unpaired) electrons. The summed E-state index contributed by atoms with van der Waals surface area (Å²) in [7, 11) is 0. The summed E-state index contributed by atoms with van der Waals surface area (Å²) >= 11 is 0. The number of likely N-dealkylation sites (tertiary alicyclic amines) is 1. The van der Waals surface area contributed by atoms with Gasteiger partial charge in [-0.15, -0.1) is 0 Å². The summed E-state index contributed by atoms with van der Waals surface area (Å²) < 4.78 is 5.44. The summed E-state index contributed by atoms with van der Waals surface area (Å²) in [6.07, 6.45) is 3.25.